The molecule has 0 bridgehead atoms. The Morgan fingerprint density at radius 3 is 2.66 bits per heavy atom. The molecular weight excluding hydrogens is 420 g/mol. The second-order valence-electron chi connectivity index (χ2n) is 8.00. The van der Waals surface area contributed by atoms with Crippen LogP contribution in [0.1, 0.15) is 36.0 Å². The number of carbonyl (C=O) groups is 1. The zero-order valence-corrected chi connectivity index (χ0v) is 17.6. The van der Waals surface area contributed by atoms with E-state index in [1.807, 2.05) is 0 Å². The van der Waals surface area contributed by atoms with Gasteiger partial charge < -0.3 is 31.7 Å². The summed E-state index contributed by atoms with van der Waals surface area (Å²) in [5.41, 5.74) is 11.4. The van der Waals surface area contributed by atoms with Gasteiger partial charge in [0.25, 0.3) is 5.91 Å². The summed E-state index contributed by atoms with van der Waals surface area (Å²) in [5.74, 6) is -2.19. The van der Waals surface area contributed by atoms with Crippen molar-refractivity contribution in [1.29, 1.82) is 0 Å². The Morgan fingerprint density at radius 1 is 1.19 bits per heavy atom. The monoisotopic (exact) mass is 447 g/mol. The standard InChI is InChI=1S/C21H27F2N7O2/c22-13-11-12(18(25)31)19(29-20(13)27-15-4-2-1-3-14(15)24)28-16-5-6-26-21(17(16)23)30-7-9-32-10-8-30/h5-6,11,14-15H,1-4,7-10,24H2,(H2,25,31)(H2,26,27,28,29)/t14-,15?/m0/s1. The molecule has 2 aromatic rings. The summed E-state index contributed by atoms with van der Waals surface area (Å²) in [7, 11) is 0. The van der Waals surface area contributed by atoms with Crippen molar-refractivity contribution in [3.05, 3.63) is 35.5 Å². The molecule has 0 radical (unpaired) electrons. The van der Waals surface area contributed by atoms with Crippen LogP contribution in [0.25, 0.3) is 0 Å². The molecule has 2 aromatic heterocycles. The van der Waals surface area contributed by atoms with Crippen LogP contribution in [0.15, 0.2) is 18.3 Å². The van der Waals surface area contributed by atoms with Crippen LogP contribution in [0.4, 0.5) is 31.9 Å². The van der Waals surface area contributed by atoms with E-state index in [4.69, 9.17) is 16.2 Å². The molecule has 1 amide bonds. The molecule has 9 nitrogen and oxygen atoms in total. The molecule has 2 aliphatic rings. The number of pyridine rings is 2. The molecule has 3 heterocycles. The van der Waals surface area contributed by atoms with E-state index in [-0.39, 0.29) is 40.8 Å². The van der Waals surface area contributed by atoms with Crippen LogP contribution >= 0.6 is 0 Å². The van der Waals surface area contributed by atoms with Crippen molar-refractivity contribution in [2.24, 2.45) is 11.5 Å². The Balaban J connectivity index is 1.64. The average Bonchev–Trinajstić information content (AvgIpc) is 2.79. The van der Waals surface area contributed by atoms with Gasteiger partial charge in [-0.05, 0) is 25.0 Å². The van der Waals surface area contributed by atoms with Crippen LogP contribution < -0.4 is 27.0 Å². The minimum Gasteiger partial charge on any atom is -0.378 e. The first-order valence-electron chi connectivity index (χ1n) is 10.7. The van der Waals surface area contributed by atoms with Crippen molar-refractivity contribution in [1.82, 2.24) is 9.97 Å². The number of morpholine rings is 1. The van der Waals surface area contributed by atoms with Crippen LogP contribution in [0, 0.1) is 11.6 Å². The Bertz CT molecular complexity index is 985. The third-order valence-electron chi connectivity index (χ3n) is 5.82. The molecule has 1 aliphatic carbocycles. The first-order chi connectivity index (χ1) is 15.4. The molecular formula is C21H27F2N7O2. The van der Waals surface area contributed by atoms with Crippen molar-refractivity contribution in [2.45, 2.75) is 37.8 Å². The smallest absolute Gasteiger partial charge is 0.252 e. The summed E-state index contributed by atoms with van der Waals surface area (Å²) in [6.07, 6.45) is 5.06. The highest BCUT2D eigenvalue weighted by Crippen LogP contribution is 2.30. The van der Waals surface area contributed by atoms with Crippen molar-refractivity contribution in [2.75, 3.05) is 41.8 Å². The third kappa shape index (κ3) is 4.73. The van der Waals surface area contributed by atoms with E-state index < -0.39 is 17.5 Å². The quantitative estimate of drug-likeness (QED) is 0.530. The number of carbonyl (C=O) groups excluding carboxylic acids is 1. The maximum absolute atomic E-state index is 15.2. The lowest BCUT2D eigenvalue weighted by Crippen LogP contribution is -2.43. The van der Waals surface area contributed by atoms with Crippen LogP contribution in [-0.4, -0.2) is 54.3 Å². The van der Waals surface area contributed by atoms with E-state index in [1.165, 1.54) is 12.3 Å². The number of nitrogens with two attached hydrogens (primary N) is 2. The Hall–Kier alpha value is -3.05. The molecule has 32 heavy (non-hydrogen) atoms. The van der Waals surface area contributed by atoms with Crippen molar-refractivity contribution < 1.29 is 18.3 Å². The van der Waals surface area contributed by atoms with E-state index in [0.29, 0.717) is 26.3 Å². The van der Waals surface area contributed by atoms with Gasteiger partial charge in [-0.1, -0.05) is 12.8 Å². The van der Waals surface area contributed by atoms with E-state index >= 15 is 4.39 Å². The number of nitrogens with zero attached hydrogens (tertiary/aromatic N) is 3. The van der Waals surface area contributed by atoms with E-state index in [1.54, 1.807) is 4.90 Å². The SMILES string of the molecule is NC(=O)c1cc(F)c(NC2CCCC[C@@H]2N)nc1Nc1ccnc(N2CCOCC2)c1F. The van der Waals surface area contributed by atoms with Crippen molar-refractivity contribution >= 4 is 29.0 Å². The van der Waals surface area contributed by atoms with Gasteiger partial charge in [0.1, 0.15) is 5.82 Å². The molecule has 11 heteroatoms. The highest BCUT2D eigenvalue weighted by Gasteiger charge is 2.25. The summed E-state index contributed by atoms with van der Waals surface area (Å²) in [5, 5.41) is 5.83. The summed E-state index contributed by atoms with van der Waals surface area (Å²) >= 11 is 0. The lowest BCUT2D eigenvalue weighted by Gasteiger charge is -2.30. The van der Waals surface area contributed by atoms with Crippen LogP contribution in [0.3, 0.4) is 0 Å². The predicted molar refractivity (Wildman–Crippen MR) is 117 cm³/mol. The number of hydrogen-bond acceptors (Lipinski definition) is 8. The van der Waals surface area contributed by atoms with Crippen molar-refractivity contribution in [3.8, 4) is 0 Å². The van der Waals surface area contributed by atoms with Gasteiger partial charge in [0.05, 0.1) is 24.5 Å². The van der Waals surface area contributed by atoms with E-state index in [0.717, 1.165) is 31.7 Å². The van der Waals surface area contributed by atoms with Crippen LogP contribution in [0.2, 0.25) is 0 Å². The van der Waals surface area contributed by atoms with Gasteiger partial charge in [-0.3, -0.25) is 4.79 Å². The Morgan fingerprint density at radius 2 is 1.94 bits per heavy atom. The molecule has 0 spiro atoms. The highest BCUT2D eigenvalue weighted by molar-refractivity contribution is 5.98. The summed E-state index contributed by atoms with van der Waals surface area (Å²) in [4.78, 5) is 22.1. The number of nitrogens with one attached hydrogen (secondary N) is 2. The summed E-state index contributed by atoms with van der Waals surface area (Å²) < 4.78 is 35.2. The normalized spacial score (nSPS) is 21.3. The summed E-state index contributed by atoms with van der Waals surface area (Å²) in [6.45, 7) is 1.96. The van der Waals surface area contributed by atoms with Gasteiger partial charge in [-0.2, -0.15) is 0 Å². The fraction of sp³-hybridized carbons (Fsp3) is 0.476. The average molecular weight is 447 g/mol. The molecule has 172 valence electrons. The van der Waals surface area contributed by atoms with Gasteiger partial charge in [0.15, 0.2) is 23.3 Å². The molecule has 1 saturated carbocycles. The van der Waals surface area contributed by atoms with Crippen LogP contribution in [0.5, 0.6) is 0 Å². The molecule has 0 aromatic carbocycles. The van der Waals surface area contributed by atoms with E-state index in [2.05, 4.69) is 20.6 Å². The van der Waals surface area contributed by atoms with Crippen LogP contribution in [-0.2, 0) is 4.74 Å². The molecule has 6 N–H and O–H groups in total. The second kappa shape index (κ2) is 9.61. The Labute approximate surface area is 184 Å². The number of rotatable bonds is 6. The van der Waals surface area contributed by atoms with Gasteiger partial charge in [-0.15, -0.1) is 0 Å². The lowest BCUT2D eigenvalue weighted by molar-refractivity contribution is 0.100. The van der Waals surface area contributed by atoms with Gasteiger partial charge >= 0.3 is 0 Å². The first-order valence-corrected chi connectivity index (χ1v) is 10.7. The number of aromatic nitrogens is 2. The van der Waals surface area contributed by atoms with Crippen molar-refractivity contribution in [3.63, 3.8) is 0 Å². The Kier molecular flexibility index (Phi) is 6.66. The number of primary amides is 1. The molecule has 1 saturated heterocycles. The number of halogens is 2. The van der Waals surface area contributed by atoms with Gasteiger partial charge in [0.2, 0.25) is 0 Å². The highest BCUT2D eigenvalue weighted by atomic mass is 19.1. The molecule has 2 fully saturated rings. The molecule has 1 unspecified atom stereocenters. The fourth-order valence-electron chi connectivity index (χ4n) is 4.04. The molecule has 1 aliphatic heterocycles. The lowest BCUT2D eigenvalue weighted by atomic mass is 9.91. The largest absolute Gasteiger partial charge is 0.378 e. The van der Waals surface area contributed by atoms with Gasteiger partial charge in [-0.25, -0.2) is 18.7 Å². The predicted octanol–water partition coefficient (Wildman–Crippen LogP) is 2.12. The minimum absolute atomic E-state index is 0.0448. The molecule has 2 atom stereocenters. The van der Waals surface area contributed by atoms with Gasteiger partial charge in [0, 0.05) is 31.4 Å². The number of amides is 1. The second-order valence-corrected chi connectivity index (χ2v) is 8.00. The number of anilines is 4. The third-order valence-corrected chi connectivity index (χ3v) is 5.82. The first kappa shape index (κ1) is 22.2. The molecule has 4 rings (SSSR count). The zero-order chi connectivity index (χ0) is 22.7. The topological polar surface area (TPSA) is 131 Å². The number of hydrogen-bond donors (Lipinski definition) is 4. The minimum atomic E-state index is -0.886. The number of ether oxygens (including phenoxy) is 1. The maximum Gasteiger partial charge on any atom is 0.252 e. The van der Waals surface area contributed by atoms with E-state index in [9.17, 15) is 9.18 Å². The zero-order valence-electron chi connectivity index (χ0n) is 17.6. The maximum atomic E-state index is 15.2. The summed E-state index contributed by atoms with van der Waals surface area (Å²) in [6, 6.07) is 2.13. The fourth-order valence-corrected chi connectivity index (χ4v) is 4.04.